The van der Waals surface area contributed by atoms with Gasteiger partial charge in [0.15, 0.2) is 0 Å². The van der Waals surface area contributed by atoms with Gasteiger partial charge in [-0.05, 0) is 109 Å². The Kier molecular flexibility index (Phi) is 16.8. The predicted molar refractivity (Wildman–Crippen MR) is 187 cm³/mol. The van der Waals surface area contributed by atoms with Crippen LogP contribution in [-0.4, -0.2) is 40.8 Å². The average Bonchev–Trinajstić information content (AvgIpc) is 3.34. The molecule has 254 valence electrons. The lowest BCUT2D eigenvalue weighted by Gasteiger charge is -2.55. The van der Waals surface area contributed by atoms with Crippen molar-refractivity contribution in [2.75, 3.05) is 6.61 Å². The molecule has 5 atom stereocenters. The molecule has 0 saturated heterocycles. The summed E-state index contributed by atoms with van der Waals surface area (Å²) in [4.78, 5) is 24.4. The lowest BCUT2D eigenvalue weighted by atomic mass is 9.52. The maximum Gasteiger partial charge on any atom is 0.305 e. The fourth-order valence-electron chi connectivity index (χ4n) is 7.77. The van der Waals surface area contributed by atoms with Crippen molar-refractivity contribution in [2.45, 2.75) is 156 Å². The van der Waals surface area contributed by atoms with Crippen molar-refractivity contribution >= 4 is 12.3 Å². The number of carbonyl (C=O) groups is 2. The van der Waals surface area contributed by atoms with Gasteiger partial charge in [0.2, 0.25) is 0 Å². The molecule has 2 saturated carbocycles. The molecule has 0 heterocycles. The molecular formula is C40H64O5. The van der Waals surface area contributed by atoms with Gasteiger partial charge in [0.1, 0.15) is 6.29 Å². The third-order valence-electron chi connectivity index (χ3n) is 10.5. The van der Waals surface area contributed by atoms with Crippen LogP contribution in [0.4, 0.5) is 0 Å². The van der Waals surface area contributed by atoms with E-state index in [-0.39, 0.29) is 17.8 Å². The van der Waals surface area contributed by atoms with Gasteiger partial charge in [-0.2, -0.15) is 0 Å². The summed E-state index contributed by atoms with van der Waals surface area (Å²) in [5, 5.41) is 24.0. The molecule has 2 rings (SSSR count). The highest BCUT2D eigenvalue weighted by molar-refractivity contribution is 5.74. The monoisotopic (exact) mass is 624 g/mol. The van der Waals surface area contributed by atoms with Crippen LogP contribution in [0.15, 0.2) is 58.7 Å². The number of carbonyl (C=O) groups excluding carboxylic acids is 2. The van der Waals surface area contributed by atoms with Gasteiger partial charge in [-0.25, -0.2) is 0 Å². The number of rotatable bonds is 19. The lowest BCUT2D eigenvalue weighted by Crippen LogP contribution is -2.59. The van der Waals surface area contributed by atoms with E-state index in [1.54, 1.807) is 0 Å². The van der Waals surface area contributed by atoms with Gasteiger partial charge in [-0.1, -0.05) is 93.1 Å². The molecule has 0 aromatic rings. The summed E-state index contributed by atoms with van der Waals surface area (Å²) < 4.78 is 5.61. The van der Waals surface area contributed by atoms with Crippen molar-refractivity contribution < 1.29 is 24.5 Å². The number of aliphatic hydroxyl groups excluding tert-OH is 1. The third-order valence-corrected chi connectivity index (χ3v) is 10.5. The quantitative estimate of drug-likeness (QED) is 0.0373. The van der Waals surface area contributed by atoms with E-state index in [4.69, 9.17) is 4.74 Å². The molecule has 0 unspecified atom stereocenters. The van der Waals surface area contributed by atoms with Crippen LogP contribution in [0.1, 0.15) is 144 Å². The van der Waals surface area contributed by atoms with Gasteiger partial charge in [0, 0.05) is 17.8 Å². The first kappa shape index (κ1) is 38.9. The zero-order valence-electron chi connectivity index (χ0n) is 29.5. The van der Waals surface area contributed by atoms with E-state index in [0.29, 0.717) is 50.7 Å². The molecule has 0 bridgehead atoms. The summed E-state index contributed by atoms with van der Waals surface area (Å²) in [6.45, 7) is 16.9. The van der Waals surface area contributed by atoms with E-state index in [9.17, 15) is 19.8 Å². The summed E-state index contributed by atoms with van der Waals surface area (Å²) >= 11 is 0. The Labute approximate surface area is 275 Å². The van der Waals surface area contributed by atoms with E-state index < -0.39 is 17.1 Å². The van der Waals surface area contributed by atoms with Crippen LogP contribution in [0, 0.1) is 17.3 Å². The molecule has 5 heteroatoms. The van der Waals surface area contributed by atoms with E-state index in [0.717, 1.165) is 49.5 Å². The normalized spacial score (nSPS) is 28.0. The number of ether oxygens (including phenoxy) is 1. The van der Waals surface area contributed by atoms with Crippen molar-refractivity contribution in [1.29, 1.82) is 0 Å². The molecule has 45 heavy (non-hydrogen) atoms. The van der Waals surface area contributed by atoms with Gasteiger partial charge < -0.3 is 14.9 Å². The fraction of sp³-hybridized carbons (Fsp3) is 0.700. The minimum absolute atomic E-state index is 0.154. The Hall–Kier alpha value is -2.24. The Morgan fingerprint density at radius 3 is 2.38 bits per heavy atom. The van der Waals surface area contributed by atoms with Gasteiger partial charge in [0.05, 0.1) is 18.3 Å². The first-order valence-electron chi connectivity index (χ1n) is 17.8. The van der Waals surface area contributed by atoms with E-state index >= 15 is 0 Å². The van der Waals surface area contributed by atoms with E-state index in [1.807, 2.05) is 26.0 Å². The van der Waals surface area contributed by atoms with Crippen LogP contribution in [0.5, 0.6) is 0 Å². The van der Waals surface area contributed by atoms with Crippen molar-refractivity contribution in [1.82, 2.24) is 0 Å². The van der Waals surface area contributed by atoms with Crippen molar-refractivity contribution in [3.63, 3.8) is 0 Å². The first-order valence-corrected chi connectivity index (χ1v) is 17.8. The molecule has 0 aliphatic heterocycles. The number of allylic oxidation sites excluding steroid dienone is 8. The van der Waals surface area contributed by atoms with Crippen molar-refractivity contribution in [3.05, 3.63) is 58.7 Å². The minimum atomic E-state index is -1.10. The topological polar surface area (TPSA) is 83.8 Å². The molecule has 0 amide bonds. The number of hydrogen-bond donors (Lipinski definition) is 2. The molecule has 1 spiro atoms. The highest BCUT2D eigenvalue weighted by Gasteiger charge is 2.63. The molecule has 2 fully saturated rings. The maximum atomic E-state index is 12.4. The molecule has 5 nitrogen and oxygen atoms in total. The smallest absolute Gasteiger partial charge is 0.305 e. The van der Waals surface area contributed by atoms with Crippen molar-refractivity contribution in [2.24, 2.45) is 17.3 Å². The molecule has 0 aromatic heterocycles. The van der Waals surface area contributed by atoms with E-state index in [1.165, 1.54) is 43.3 Å². The lowest BCUT2D eigenvalue weighted by molar-refractivity contribution is -0.168. The summed E-state index contributed by atoms with van der Waals surface area (Å²) in [5.74, 6) is -0.508. The number of aldehydes is 1. The van der Waals surface area contributed by atoms with Gasteiger partial charge in [-0.15, -0.1) is 0 Å². The number of unbranched alkanes of at least 4 members (excludes halogenated alkanes) is 6. The third kappa shape index (κ3) is 11.2. The minimum Gasteiger partial charge on any atom is -0.466 e. The maximum absolute atomic E-state index is 12.4. The molecule has 2 N–H and O–H groups in total. The summed E-state index contributed by atoms with van der Waals surface area (Å²) in [6.07, 6.45) is 22.8. The zero-order chi connectivity index (χ0) is 33.5. The molecule has 0 radical (unpaired) electrons. The summed E-state index contributed by atoms with van der Waals surface area (Å²) in [6, 6.07) is 0. The van der Waals surface area contributed by atoms with E-state index in [2.05, 4.69) is 46.4 Å². The highest BCUT2D eigenvalue weighted by atomic mass is 16.5. The Morgan fingerprint density at radius 1 is 1.02 bits per heavy atom. The molecule has 0 aromatic carbocycles. The molecule has 2 aliphatic carbocycles. The molecular weight excluding hydrogens is 560 g/mol. The highest BCUT2D eigenvalue weighted by Crippen LogP contribution is 2.62. The zero-order valence-corrected chi connectivity index (χ0v) is 29.5. The van der Waals surface area contributed by atoms with Crippen LogP contribution in [0.2, 0.25) is 0 Å². The van der Waals surface area contributed by atoms with Crippen LogP contribution in [-0.2, 0) is 14.3 Å². The number of hydrogen-bond acceptors (Lipinski definition) is 5. The second kappa shape index (κ2) is 19.4. The van der Waals surface area contributed by atoms with Crippen LogP contribution < -0.4 is 0 Å². The van der Waals surface area contributed by atoms with Gasteiger partial charge in [-0.3, -0.25) is 9.59 Å². The van der Waals surface area contributed by atoms with Crippen LogP contribution >= 0.6 is 0 Å². The summed E-state index contributed by atoms with van der Waals surface area (Å²) in [5.41, 5.74) is 3.30. The largest absolute Gasteiger partial charge is 0.466 e. The second-order valence-electron chi connectivity index (χ2n) is 14.3. The summed E-state index contributed by atoms with van der Waals surface area (Å²) in [7, 11) is 0. The second-order valence-corrected chi connectivity index (χ2v) is 14.3. The van der Waals surface area contributed by atoms with Crippen LogP contribution in [0.25, 0.3) is 0 Å². The molecule has 2 aliphatic rings. The standard InChI is InChI=1S/C40H64O5/c1-8-9-10-11-12-13-14-23-37(42)45-28-17-22-36-34(33(6)29-41)24-26-39(7,44)40(36)27-25-35(38(40)43)32(5)21-16-20-31(4)19-15-18-30(2)3/h16,18,20-21,29,35-36,38,43-44H,5,8-15,17,19,22-28H2,1-4,6-7H3/b21-16+,31-20+,34-33-/t35-,36-,38-,39+,40+/m1/s1. The van der Waals surface area contributed by atoms with Gasteiger partial charge in [0.25, 0.3) is 0 Å². The Morgan fingerprint density at radius 2 is 1.71 bits per heavy atom. The first-order chi connectivity index (χ1) is 21.4. The predicted octanol–water partition coefficient (Wildman–Crippen LogP) is 9.69. The van der Waals surface area contributed by atoms with Gasteiger partial charge >= 0.3 is 5.97 Å². The van der Waals surface area contributed by atoms with Crippen LogP contribution in [0.3, 0.4) is 0 Å². The Bertz CT molecular complexity index is 1090. The SMILES string of the molecule is C=C(/C=C/C=C(\C)CCC=C(C)C)[C@H]1CC[C@]2([C@H](CCCOC(=O)CCCCCCCCC)/C(=C(/C)C=O)CC[C@]2(C)O)[C@@H]1O. The number of esters is 1. The fourth-order valence-corrected chi connectivity index (χ4v) is 7.77. The van der Waals surface area contributed by atoms with Crippen molar-refractivity contribution in [3.8, 4) is 0 Å². The average molecular weight is 625 g/mol. The Balaban J connectivity index is 2.09. The number of aliphatic hydroxyl groups is 2.